The molecule has 18 heavy (non-hydrogen) atoms. The number of nitro groups is 1. The van der Waals surface area contributed by atoms with Gasteiger partial charge in [-0.2, -0.15) is 0 Å². The van der Waals surface area contributed by atoms with Crippen molar-refractivity contribution in [1.82, 2.24) is 20.4 Å². The van der Waals surface area contributed by atoms with E-state index >= 15 is 0 Å². The molecule has 0 atom stereocenters. The lowest BCUT2D eigenvalue weighted by Gasteiger charge is -1.93. The van der Waals surface area contributed by atoms with Gasteiger partial charge in [-0.15, -0.1) is 0 Å². The van der Waals surface area contributed by atoms with Crippen LogP contribution in [0.25, 0.3) is 12.2 Å². The zero-order valence-corrected chi connectivity index (χ0v) is 9.09. The van der Waals surface area contributed by atoms with Gasteiger partial charge in [0.2, 0.25) is 5.82 Å². The summed E-state index contributed by atoms with van der Waals surface area (Å²) >= 11 is 0. The maximum Gasteiger partial charge on any atom is 0.513 e. The van der Waals surface area contributed by atoms with Crippen LogP contribution in [-0.4, -0.2) is 25.3 Å². The molecule has 0 fully saturated rings. The van der Waals surface area contributed by atoms with Gasteiger partial charge in [0.05, 0.1) is 10.2 Å². The van der Waals surface area contributed by atoms with Crippen LogP contribution in [0.4, 0.5) is 11.6 Å². The van der Waals surface area contributed by atoms with Crippen LogP contribution in [0, 0.1) is 10.1 Å². The summed E-state index contributed by atoms with van der Waals surface area (Å²) in [4.78, 5) is 9.54. The quantitative estimate of drug-likeness (QED) is 0.484. The van der Waals surface area contributed by atoms with E-state index in [1.807, 2.05) is 12.1 Å². The number of hydrogen-bond acceptors (Lipinski definition) is 7. The van der Waals surface area contributed by atoms with E-state index in [-0.39, 0.29) is 5.82 Å². The number of benzene rings is 1. The molecular weight excluding hydrogens is 236 g/mol. The summed E-state index contributed by atoms with van der Waals surface area (Å²) < 4.78 is 0. The van der Waals surface area contributed by atoms with E-state index in [2.05, 4.69) is 20.4 Å². The topological polar surface area (TPSA) is 121 Å². The lowest BCUT2D eigenvalue weighted by molar-refractivity contribution is -0.395. The molecular formula is C10H8N6O2. The standard InChI is InChI=1S/C10H8N6O2/c11-8-4-1-7(2-5-8)3-6-9-12-14-10(15-13-9)16(17)18/h1-6H,11H2/b6-3+. The van der Waals surface area contributed by atoms with Crippen molar-refractivity contribution in [3.05, 3.63) is 45.8 Å². The SMILES string of the molecule is Nc1ccc(/C=C/c2nnc([N+](=O)[O-])nn2)cc1. The lowest BCUT2D eigenvalue weighted by Crippen LogP contribution is -2.02. The second-order valence-corrected chi connectivity index (χ2v) is 3.32. The molecule has 1 aromatic carbocycles. The van der Waals surface area contributed by atoms with Crippen molar-refractivity contribution in [3.63, 3.8) is 0 Å². The number of nitrogen functional groups attached to an aromatic ring is 1. The van der Waals surface area contributed by atoms with Gasteiger partial charge in [-0.05, 0) is 38.9 Å². The van der Waals surface area contributed by atoms with Crippen molar-refractivity contribution < 1.29 is 4.92 Å². The highest BCUT2D eigenvalue weighted by atomic mass is 16.6. The van der Waals surface area contributed by atoms with Gasteiger partial charge in [0.1, 0.15) is 0 Å². The van der Waals surface area contributed by atoms with Crippen molar-refractivity contribution in [3.8, 4) is 0 Å². The zero-order chi connectivity index (χ0) is 13.0. The van der Waals surface area contributed by atoms with Crippen molar-refractivity contribution >= 4 is 23.8 Å². The Morgan fingerprint density at radius 2 is 1.67 bits per heavy atom. The summed E-state index contributed by atoms with van der Waals surface area (Å²) in [5.74, 6) is -0.433. The molecule has 2 aromatic rings. The first kappa shape index (κ1) is 11.6. The van der Waals surface area contributed by atoms with E-state index in [4.69, 9.17) is 5.73 Å². The van der Waals surface area contributed by atoms with Crippen LogP contribution in [0.1, 0.15) is 11.4 Å². The summed E-state index contributed by atoms with van der Waals surface area (Å²) in [6, 6.07) is 7.15. The van der Waals surface area contributed by atoms with E-state index in [1.54, 1.807) is 24.3 Å². The third kappa shape index (κ3) is 2.82. The lowest BCUT2D eigenvalue weighted by atomic mass is 10.2. The fourth-order valence-electron chi connectivity index (χ4n) is 1.15. The smallest absolute Gasteiger partial charge is 0.399 e. The average molecular weight is 244 g/mol. The fourth-order valence-corrected chi connectivity index (χ4v) is 1.15. The highest BCUT2D eigenvalue weighted by Gasteiger charge is 2.10. The van der Waals surface area contributed by atoms with E-state index < -0.39 is 10.9 Å². The van der Waals surface area contributed by atoms with E-state index in [0.29, 0.717) is 5.69 Å². The highest BCUT2D eigenvalue weighted by Crippen LogP contribution is 2.08. The largest absolute Gasteiger partial charge is 0.513 e. The molecule has 0 bridgehead atoms. The van der Waals surface area contributed by atoms with Crippen LogP contribution >= 0.6 is 0 Å². The van der Waals surface area contributed by atoms with Crippen LogP contribution < -0.4 is 5.73 Å². The number of nitrogens with zero attached hydrogens (tertiary/aromatic N) is 5. The van der Waals surface area contributed by atoms with Crippen LogP contribution in [0.2, 0.25) is 0 Å². The Hall–Kier alpha value is -2.90. The van der Waals surface area contributed by atoms with Crippen LogP contribution in [0.5, 0.6) is 0 Å². The molecule has 0 amide bonds. The molecule has 2 N–H and O–H groups in total. The molecule has 0 aliphatic heterocycles. The average Bonchev–Trinajstić information content (AvgIpc) is 2.38. The maximum absolute atomic E-state index is 10.3. The Morgan fingerprint density at radius 3 is 2.22 bits per heavy atom. The van der Waals surface area contributed by atoms with Gasteiger partial charge in [-0.3, -0.25) is 0 Å². The van der Waals surface area contributed by atoms with Crippen LogP contribution in [0.3, 0.4) is 0 Å². The normalized spacial score (nSPS) is 10.7. The number of rotatable bonds is 3. The summed E-state index contributed by atoms with van der Waals surface area (Å²) in [5, 5.41) is 24.0. The third-order valence-corrected chi connectivity index (χ3v) is 2.01. The Morgan fingerprint density at radius 1 is 1.06 bits per heavy atom. The molecule has 0 spiro atoms. The molecule has 8 heteroatoms. The fraction of sp³-hybridized carbons (Fsp3) is 0. The zero-order valence-electron chi connectivity index (χ0n) is 9.09. The van der Waals surface area contributed by atoms with Gasteiger partial charge in [0.15, 0.2) is 0 Å². The van der Waals surface area contributed by atoms with E-state index in [0.717, 1.165) is 5.56 Å². The predicted molar refractivity (Wildman–Crippen MR) is 64.1 cm³/mol. The molecule has 0 aliphatic rings. The number of nitrogens with two attached hydrogens (primary N) is 1. The Balaban J connectivity index is 2.13. The van der Waals surface area contributed by atoms with Crippen molar-refractivity contribution in [2.75, 3.05) is 5.73 Å². The molecule has 8 nitrogen and oxygen atoms in total. The first-order valence-corrected chi connectivity index (χ1v) is 4.90. The van der Waals surface area contributed by atoms with Crippen molar-refractivity contribution in [1.29, 1.82) is 0 Å². The Bertz CT molecular complexity index is 578. The first-order valence-electron chi connectivity index (χ1n) is 4.90. The van der Waals surface area contributed by atoms with Gasteiger partial charge in [0.25, 0.3) is 0 Å². The first-order chi connectivity index (χ1) is 8.65. The molecule has 1 heterocycles. The van der Waals surface area contributed by atoms with Crippen molar-refractivity contribution in [2.24, 2.45) is 0 Å². The van der Waals surface area contributed by atoms with Gasteiger partial charge >= 0.3 is 5.95 Å². The second kappa shape index (κ2) is 4.95. The minimum Gasteiger partial charge on any atom is -0.399 e. The van der Waals surface area contributed by atoms with E-state index in [9.17, 15) is 10.1 Å². The molecule has 90 valence electrons. The van der Waals surface area contributed by atoms with Crippen LogP contribution in [0.15, 0.2) is 24.3 Å². The number of aromatic nitrogens is 4. The van der Waals surface area contributed by atoms with Gasteiger partial charge in [-0.25, -0.2) is 0 Å². The van der Waals surface area contributed by atoms with E-state index in [1.165, 1.54) is 0 Å². The molecule has 0 radical (unpaired) electrons. The minimum atomic E-state index is -0.756. The summed E-state index contributed by atoms with van der Waals surface area (Å²) in [6.07, 6.45) is 3.28. The molecule has 2 rings (SSSR count). The predicted octanol–water partition coefficient (Wildman–Crippen LogP) is 0.927. The van der Waals surface area contributed by atoms with Gasteiger partial charge < -0.3 is 15.8 Å². The highest BCUT2D eigenvalue weighted by molar-refractivity contribution is 5.67. The van der Waals surface area contributed by atoms with Crippen LogP contribution in [-0.2, 0) is 0 Å². The molecule has 1 aromatic heterocycles. The maximum atomic E-state index is 10.3. The molecule has 0 aliphatic carbocycles. The number of anilines is 1. The Labute approximate surface area is 101 Å². The summed E-state index contributed by atoms with van der Waals surface area (Å²) in [5.41, 5.74) is 7.11. The molecule has 0 unspecified atom stereocenters. The third-order valence-electron chi connectivity index (χ3n) is 2.01. The minimum absolute atomic E-state index is 0.192. The monoisotopic (exact) mass is 244 g/mol. The Kier molecular flexibility index (Phi) is 3.19. The number of hydrogen-bond donors (Lipinski definition) is 1. The van der Waals surface area contributed by atoms with Gasteiger partial charge in [-0.1, -0.05) is 18.2 Å². The van der Waals surface area contributed by atoms with Crippen molar-refractivity contribution in [2.45, 2.75) is 0 Å². The molecule has 0 saturated carbocycles. The summed E-state index contributed by atoms with van der Waals surface area (Å²) in [6.45, 7) is 0. The molecule has 0 saturated heterocycles. The second-order valence-electron chi connectivity index (χ2n) is 3.32. The summed E-state index contributed by atoms with van der Waals surface area (Å²) in [7, 11) is 0. The van der Waals surface area contributed by atoms with Gasteiger partial charge in [0, 0.05) is 5.69 Å².